The number of methoxy groups -OCH3 is 1. The fourth-order valence-electron chi connectivity index (χ4n) is 3.37. The molecule has 194 valence electrons. The molecule has 7 nitrogen and oxygen atoms in total. The van der Waals surface area contributed by atoms with Crippen molar-refractivity contribution in [3.63, 3.8) is 0 Å². The molecule has 3 aromatic rings. The van der Waals surface area contributed by atoms with Crippen LogP contribution in [0.1, 0.15) is 12.8 Å². The minimum atomic E-state index is -5.08. The number of carbonyl (C=O) groups is 1. The number of hydrogen-bond donors (Lipinski definition) is 3. The van der Waals surface area contributed by atoms with Gasteiger partial charge in [0.1, 0.15) is 6.10 Å². The van der Waals surface area contributed by atoms with Gasteiger partial charge in [0, 0.05) is 23.3 Å². The van der Waals surface area contributed by atoms with Crippen molar-refractivity contribution >= 4 is 51.4 Å². The summed E-state index contributed by atoms with van der Waals surface area (Å²) in [5.41, 5.74) is 1.60. The van der Waals surface area contributed by atoms with Crippen LogP contribution in [0, 0.1) is 5.82 Å². The number of halogens is 6. The van der Waals surface area contributed by atoms with Gasteiger partial charge in [-0.2, -0.15) is 13.2 Å². The summed E-state index contributed by atoms with van der Waals surface area (Å²) in [6.07, 6.45) is -1.47. The summed E-state index contributed by atoms with van der Waals surface area (Å²) in [4.78, 5) is 13.3. The normalized spacial score (nSPS) is 14.1. The Kier molecular flexibility index (Phi) is 9.04. The van der Waals surface area contributed by atoms with Gasteiger partial charge in [0.2, 0.25) is 0 Å². The minimum absolute atomic E-state index is 0.114. The lowest BCUT2D eigenvalue weighted by Gasteiger charge is -2.25. The number of benzene rings is 2. The molecule has 0 aliphatic carbocycles. The smallest absolute Gasteiger partial charge is 0.490 e. The molecule has 2 heterocycles. The molecule has 4 rings (SSSR count). The first-order chi connectivity index (χ1) is 17.0. The van der Waals surface area contributed by atoms with Gasteiger partial charge >= 0.3 is 12.1 Å². The summed E-state index contributed by atoms with van der Waals surface area (Å²) < 4.78 is 58.0. The van der Waals surface area contributed by atoms with E-state index < -0.39 is 18.0 Å². The van der Waals surface area contributed by atoms with Gasteiger partial charge in [-0.05, 0) is 50.2 Å². The number of aliphatic carboxylic acids is 1. The van der Waals surface area contributed by atoms with Gasteiger partial charge in [0.25, 0.3) is 0 Å². The number of carboxylic acid groups (broad SMARTS) is 1. The number of alkyl halides is 3. The van der Waals surface area contributed by atoms with Gasteiger partial charge in [-0.15, -0.1) is 0 Å². The van der Waals surface area contributed by atoms with Crippen LogP contribution in [0.15, 0.2) is 36.5 Å². The maximum atomic E-state index is 14.5. The predicted octanol–water partition coefficient (Wildman–Crippen LogP) is 6.20. The number of carboxylic acids is 1. The molecule has 0 atom stereocenters. The quantitative estimate of drug-likeness (QED) is 0.258. The van der Waals surface area contributed by atoms with E-state index >= 15 is 0 Å². The zero-order valence-electron chi connectivity index (χ0n) is 18.8. The Balaban J connectivity index is 0.000000454. The fraction of sp³-hybridized carbons (Fsp3) is 0.304. The molecule has 0 amide bonds. The molecule has 1 aliphatic heterocycles. The molecule has 0 radical (unpaired) electrons. The summed E-state index contributed by atoms with van der Waals surface area (Å²) in [5.74, 6) is -2.12. The van der Waals surface area contributed by atoms with Crippen LogP contribution in [-0.4, -0.2) is 48.5 Å². The van der Waals surface area contributed by atoms with Gasteiger partial charge in [-0.1, -0.05) is 23.2 Å². The number of ether oxygens (including phenoxy) is 2. The first kappa shape index (κ1) is 27.6. The van der Waals surface area contributed by atoms with Gasteiger partial charge in [0.15, 0.2) is 17.3 Å². The number of nitrogens with zero attached hydrogens (tertiary/aromatic N) is 1. The van der Waals surface area contributed by atoms with Crippen molar-refractivity contribution in [1.82, 2.24) is 10.3 Å². The van der Waals surface area contributed by atoms with Crippen molar-refractivity contribution in [3.05, 3.63) is 52.4 Å². The number of nitrogens with one attached hydrogen (secondary N) is 2. The molecule has 1 aromatic heterocycles. The van der Waals surface area contributed by atoms with Crippen molar-refractivity contribution in [2.24, 2.45) is 0 Å². The molecule has 36 heavy (non-hydrogen) atoms. The second-order valence-electron chi connectivity index (χ2n) is 7.60. The lowest BCUT2D eigenvalue weighted by Crippen LogP contribution is -2.34. The molecule has 0 bridgehead atoms. The first-order valence-electron chi connectivity index (χ1n) is 10.6. The number of hydrogen-bond acceptors (Lipinski definition) is 6. The molecule has 0 spiro atoms. The van der Waals surface area contributed by atoms with Crippen LogP contribution >= 0.6 is 23.2 Å². The van der Waals surface area contributed by atoms with Crippen LogP contribution in [0.25, 0.3) is 10.9 Å². The number of aromatic nitrogens is 1. The highest BCUT2D eigenvalue weighted by molar-refractivity contribution is 6.42. The van der Waals surface area contributed by atoms with Crippen LogP contribution in [0.5, 0.6) is 11.5 Å². The average Bonchev–Trinajstić information content (AvgIpc) is 2.84. The highest BCUT2D eigenvalue weighted by atomic mass is 35.5. The summed E-state index contributed by atoms with van der Waals surface area (Å²) in [6, 6.07) is 8.56. The summed E-state index contributed by atoms with van der Waals surface area (Å²) in [6.45, 7) is 1.84. The molecule has 1 fully saturated rings. The number of fused-ring (bicyclic) bond motifs is 1. The SMILES string of the molecule is COc1cc2nccc(Nc3ccc(Cl)c(Cl)c3F)c2cc1OC1CCNCC1.O=C(O)C(F)(F)F. The zero-order valence-corrected chi connectivity index (χ0v) is 20.3. The van der Waals surface area contributed by atoms with E-state index in [0.29, 0.717) is 22.7 Å². The highest BCUT2D eigenvalue weighted by Crippen LogP contribution is 2.38. The Morgan fingerprint density at radius 3 is 2.42 bits per heavy atom. The van der Waals surface area contributed by atoms with Gasteiger partial charge in [0.05, 0.1) is 28.4 Å². The second kappa shape index (κ2) is 11.8. The van der Waals surface area contributed by atoms with Crippen molar-refractivity contribution in [2.45, 2.75) is 25.1 Å². The van der Waals surface area contributed by atoms with Crippen LogP contribution in [0.2, 0.25) is 10.0 Å². The number of pyridine rings is 1. The molecule has 1 aliphatic rings. The van der Waals surface area contributed by atoms with E-state index in [1.165, 1.54) is 0 Å². The van der Waals surface area contributed by atoms with Crippen LogP contribution < -0.4 is 20.1 Å². The van der Waals surface area contributed by atoms with E-state index in [4.69, 9.17) is 42.6 Å². The Hall–Kier alpha value is -3.02. The van der Waals surface area contributed by atoms with Gasteiger partial charge in [-0.25, -0.2) is 9.18 Å². The molecular formula is C23H21Cl2F4N3O4. The molecule has 0 unspecified atom stereocenters. The van der Waals surface area contributed by atoms with E-state index in [-0.39, 0.29) is 21.8 Å². The maximum absolute atomic E-state index is 14.5. The Morgan fingerprint density at radius 1 is 1.14 bits per heavy atom. The van der Waals surface area contributed by atoms with Crippen LogP contribution in [0.4, 0.5) is 28.9 Å². The summed E-state index contributed by atoms with van der Waals surface area (Å²) in [7, 11) is 1.60. The maximum Gasteiger partial charge on any atom is 0.490 e. The van der Waals surface area contributed by atoms with E-state index in [1.807, 2.05) is 12.1 Å². The van der Waals surface area contributed by atoms with Gasteiger partial charge in [-0.3, -0.25) is 4.98 Å². The van der Waals surface area contributed by atoms with Crippen molar-refractivity contribution < 1.29 is 36.9 Å². The van der Waals surface area contributed by atoms with Crippen LogP contribution in [-0.2, 0) is 4.79 Å². The van der Waals surface area contributed by atoms with Crippen molar-refractivity contribution in [1.29, 1.82) is 0 Å². The van der Waals surface area contributed by atoms with E-state index in [0.717, 1.165) is 31.3 Å². The monoisotopic (exact) mass is 549 g/mol. The van der Waals surface area contributed by atoms with E-state index in [2.05, 4.69) is 15.6 Å². The molecule has 1 saturated heterocycles. The first-order valence-corrected chi connectivity index (χ1v) is 11.3. The van der Waals surface area contributed by atoms with E-state index in [1.54, 1.807) is 31.5 Å². The summed E-state index contributed by atoms with van der Waals surface area (Å²) >= 11 is 11.8. The lowest BCUT2D eigenvalue weighted by atomic mass is 10.1. The summed E-state index contributed by atoms with van der Waals surface area (Å²) in [5, 5.41) is 14.4. The van der Waals surface area contributed by atoms with E-state index in [9.17, 15) is 17.6 Å². The average molecular weight is 550 g/mol. The van der Waals surface area contributed by atoms with Gasteiger partial charge < -0.3 is 25.2 Å². The number of rotatable bonds is 5. The fourth-order valence-corrected chi connectivity index (χ4v) is 3.69. The molecular weight excluding hydrogens is 529 g/mol. The largest absolute Gasteiger partial charge is 0.493 e. The standard InChI is InChI=1S/C21H20Cl2FN3O2.C2HF3O2/c1-28-18-11-17-13(10-19(18)29-12-4-7-25-8-5-12)15(6-9-26-17)27-16-3-2-14(22)20(23)21(16)24;3-2(4,5)1(6)7/h2-3,6,9-12,25H,4-5,7-8H2,1H3,(H,26,27);(H,6,7). The Morgan fingerprint density at radius 2 is 1.81 bits per heavy atom. The molecule has 13 heteroatoms. The van der Waals surface area contributed by atoms with Crippen LogP contribution in [0.3, 0.4) is 0 Å². The predicted molar refractivity (Wildman–Crippen MR) is 128 cm³/mol. The Labute approximate surface area is 213 Å². The zero-order chi connectivity index (χ0) is 26.5. The highest BCUT2D eigenvalue weighted by Gasteiger charge is 2.38. The minimum Gasteiger partial charge on any atom is -0.493 e. The lowest BCUT2D eigenvalue weighted by molar-refractivity contribution is -0.192. The van der Waals surface area contributed by atoms with Crippen molar-refractivity contribution in [2.75, 3.05) is 25.5 Å². The topological polar surface area (TPSA) is 92.7 Å². The molecule has 0 saturated carbocycles. The second-order valence-corrected chi connectivity index (χ2v) is 8.38. The Bertz CT molecular complexity index is 1240. The molecule has 2 aromatic carbocycles. The third-order valence-corrected chi connectivity index (χ3v) is 5.94. The number of piperidine rings is 1. The molecule has 3 N–H and O–H groups in total. The van der Waals surface area contributed by atoms with Crippen molar-refractivity contribution in [3.8, 4) is 11.5 Å². The number of anilines is 2. The third kappa shape index (κ3) is 6.80. The third-order valence-electron chi connectivity index (χ3n) is 5.15.